The van der Waals surface area contributed by atoms with Crippen molar-refractivity contribution in [1.29, 1.82) is 0 Å². The molecule has 3 heteroatoms. The molecule has 0 radical (unpaired) electrons. The van der Waals surface area contributed by atoms with E-state index in [0.29, 0.717) is 0 Å². The smallest absolute Gasteiger partial charge is 0.186 e. The molecule has 2 aromatic carbocycles. The van der Waals surface area contributed by atoms with Crippen LogP contribution in [0.5, 0.6) is 0 Å². The van der Waals surface area contributed by atoms with Gasteiger partial charge in [-0.2, -0.15) is 0 Å². The third kappa shape index (κ3) is 1.90. The maximum absolute atomic E-state index is 4.75. The van der Waals surface area contributed by atoms with Crippen molar-refractivity contribution >= 4 is 26.7 Å². The Kier molecular flexibility index (Phi) is 2.52. The molecule has 0 fully saturated rings. The molecule has 4 rings (SSSR count). The van der Waals surface area contributed by atoms with Crippen LogP contribution in [-0.2, 0) is 13.0 Å². The van der Waals surface area contributed by atoms with Crippen molar-refractivity contribution in [2.75, 3.05) is 11.4 Å². The fraction of sp³-hybridized carbons (Fsp3) is 0.188. The van der Waals surface area contributed by atoms with Gasteiger partial charge in [0.1, 0.15) is 0 Å². The van der Waals surface area contributed by atoms with Gasteiger partial charge in [0.2, 0.25) is 0 Å². The van der Waals surface area contributed by atoms with E-state index in [2.05, 4.69) is 53.4 Å². The van der Waals surface area contributed by atoms with Gasteiger partial charge in [-0.05, 0) is 29.7 Å². The highest BCUT2D eigenvalue weighted by Crippen LogP contribution is 2.31. The average molecular weight is 266 g/mol. The molecule has 1 aromatic heterocycles. The van der Waals surface area contributed by atoms with Gasteiger partial charge in [0.25, 0.3) is 0 Å². The van der Waals surface area contributed by atoms with E-state index in [9.17, 15) is 0 Å². The quantitative estimate of drug-likeness (QED) is 0.665. The number of benzene rings is 2. The standard InChI is InChI=1S/C16H14N2S/c1-2-6-13-11-18(10-9-12(13)5-1)16-17-14-7-3-4-8-15(14)19-16/h1-8H,9-11H2. The molecule has 1 aliphatic rings. The van der Waals surface area contributed by atoms with Crippen LogP contribution in [0.25, 0.3) is 10.2 Å². The second-order valence-corrected chi connectivity index (χ2v) is 5.91. The number of hydrogen-bond acceptors (Lipinski definition) is 3. The maximum Gasteiger partial charge on any atom is 0.186 e. The van der Waals surface area contributed by atoms with E-state index in [-0.39, 0.29) is 0 Å². The third-order valence-electron chi connectivity index (χ3n) is 3.68. The number of hydrogen-bond donors (Lipinski definition) is 0. The Morgan fingerprint density at radius 2 is 1.74 bits per heavy atom. The van der Waals surface area contributed by atoms with Gasteiger partial charge >= 0.3 is 0 Å². The average Bonchev–Trinajstić information content (AvgIpc) is 2.90. The summed E-state index contributed by atoms with van der Waals surface area (Å²) in [5.74, 6) is 0. The summed E-state index contributed by atoms with van der Waals surface area (Å²) in [7, 11) is 0. The zero-order valence-electron chi connectivity index (χ0n) is 10.5. The summed E-state index contributed by atoms with van der Waals surface area (Å²) in [4.78, 5) is 7.15. The molecule has 2 heterocycles. The van der Waals surface area contributed by atoms with Crippen LogP contribution in [0.15, 0.2) is 48.5 Å². The molecule has 3 aromatic rings. The summed E-state index contributed by atoms with van der Waals surface area (Å²) in [5, 5.41) is 1.15. The molecule has 0 N–H and O–H groups in total. The highest BCUT2D eigenvalue weighted by Gasteiger charge is 2.18. The van der Waals surface area contributed by atoms with E-state index in [1.807, 2.05) is 0 Å². The van der Waals surface area contributed by atoms with Gasteiger partial charge in [0.05, 0.1) is 10.2 Å². The molecule has 94 valence electrons. The topological polar surface area (TPSA) is 16.1 Å². The fourth-order valence-electron chi connectivity index (χ4n) is 2.65. The molecule has 0 unspecified atom stereocenters. The first kappa shape index (κ1) is 11.0. The lowest BCUT2D eigenvalue weighted by Gasteiger charge is -2.28. The lowest BCUT2D eigenvalue weighted by atomic mass is 10.0. The van der Waals surface area contributed by atoms with Crippen LogP contribution in [0.1, 0.15) is 11.1 Å². The van der Waals surface area contributed by atoms with Gasteiger partial charge in [-0.15, -0.1) is 0 Å². The molecule has 2 nitrogen and oxygen atoms in total. The van der Waals surface area contributed by atoms with Crippen LogP contribution in [0.4, 0.5) is 5.13 Å². The van der Waals surface area contributed by atoms with Gasteiger partial charge in [0, 0.05) is 13.1 Å². The molecule has 1 aliphatic heterocycles. The van der Waals surface area contributed by atoms with Gasteiger partial charge < -0.3 is 4.90 Å². The lowest BCUT2D eigenvalue weighted by molar-refractivity contribution is 0.730. The number of fused-ring (bicyclic) bond motifs is 2. The maximum atomic E-state index is 4.75. The molecule has 0 saturated heterocycles. The first-order valence-electron chi connectivity index (χ1n) is 6.57. The number of nitrogens with zero attached hydrogens (tertiary/aromatic N) is 2. The number of rotatable bonds is 1. The Labute approximate surface area is 116 Å². The van der Waals surface area contributed by atoms with E-state index in [0.717, 1.165) is 30.2 Å². The molecule has 0 amide bonds. The minimum absolute atomic E-state index is 0.982. The first-order valence-corrected chi connectivity index (χ1v) is 7.39. The van der Waals surface area contributed by atoms with Crippen LogP contribution in [0, 0.1) is 0 Å². The molecule has 0 atom stereocenters. The second-order valence-electron chi connectivity index (χ2n) is 4.90. The van der Waals surface area contributed by atoms with Gasteiger partial charge in [-0.3, -0.25) is 0 Å². The van der Waals surface area contributed by atoms with Crippen molar-refractivity contribution in [3.05, 3.63) is 59.7 Å². The van der Waals surface area contributed by atoms with Crippen molar-refractivity contribution in [3.8, 4) is 0 Å². The van der Waals surface area contributed by atoms with Gasteiger partial charge in [0.15, 0.2) is 5.13 Å². The van der Waals surface area contributed by atoms with Crippen LogP contribution >= 0.6 is 11.3 Å². The third-order valence-corrected chi connectivity index (χ3v) is 4.78. The van der Waals surface area contributed by atoms with Crippen molar-refractivity contribution in [2.45, 2.75) is 13.0 Å². The summed E-state index contributed by atoms with van der Waals surface area (Å²) < 4.78 is 1.27. The van der Waals surface area contributed by atoms with E-state index >= 15 is 0 Å². The number of aromatic nitrogens is 1. The van der Waals surface area contributed by atoms with Crippen LogP contribution in [0.3, 0.4) is 0 Å². The summed E-state index contributed by atoms with van der Waals surface area (Å²) >= 11 is 1.79. The Morgan fingerprint density at radius 3 is 2.63 bits per heavy atom. The molecule has 19 heavy (non-hydrogen) atoms. The number of anilines is 1. The normalized spacial score (nSPS) is 14.6. The SMILES string of the molecule is c1ccc2c(c1)CCN(c1nc3ccccc3s1)C2. The van der Waals surface area contributed by atoms with Crippen molar-refractivity contribution in [2.24, 2.45) is 0 Å². The van der Waals surface area contributed by atoms with Crippen molar-refractivity contribution in [1.82, 2.24) is 4.98 Å². The largest absolute Gasteiger partial charge is 0.343 e. The Bertz CT molecular complexity index is 699. The predicted octanol–water partition coefficient (Wildman–Crippen LogP) is 3.86. The predicted molar refractivity (Wildman–Crippen MR) is 80.8 cm³/mol. The van der Waals surface area contributed by atoms with Crippen LogP contribution in [-0.4, -0.2) is 11.5 Å². The van der Waals surface area contributed by atoms with Crippen molar-refractivity contribution < 1.29 is 0 Å². The minimum atomic E-state index is 0.982. The molecule has 0 saturated carbocycles. The molecular formula is C16H14N2S. The summed E-state index contributed by atoms with van der Waals surface area (Å²) in [6, 6.07) is 17.1. The van der Waals surface area contributed by atoms with E-state index in [4.69, 9.17) is 4.98 Å². The van der Waals surface area contributed by atoms with E-state index in [1.165, 1.54) is 15.8 Å². The highest BCUT2D eigenvalue weighted by atomic mass is 32.1. The lowest BCUT2D eigenvalue weighted by Crippen LogP contribution is -2.30. The number of thiazole rings is 1. The van der Waals surface area contributed by atoms with E-state index in [1.54, 1.807) is 11.3 Å². The second kappa shape index (κ2) is 4.35. The highest BCUT2D eigenvalue weighted by molar-refractivity contribution is 7.22. The van der Waals surface area contributed by atoms with Crippen LogP contribution in [0.2, 0.25) is 0 Å². The molecular weight excluding hydrogens is 252 g/mol. The minimum Gasteiger partial charge on any atom is -0.343 e. The summed E-state index contributed by atoms with van der Waals surface area (Å²) in [5.41, 5.74) is 4.04. The fourth-order valence-corrected chi connectivity index (χ4v) is 3.64. The van der Waals surface area contributed by atoms with Crippen molar-refractivity contribution in [3.63, 3.8) is 0 Å². The van der Waals surface area contributed by atoms with E-state index < -0.39 is 0 Å². The zero-order chi connectivity index (χ0) is 12.7. The number of para-hydroxylation sites is 1. The summed E-state index contributed by atoms with van der Waals surface area (Å²) in [6.45, 7) is 2.05. The zero-order valence-corrected chi connectivity index (χ0v) is 11.4. The molecule has 0 bridgehead atoms. The van der Waals surface area contributed by atoms with Crippen LogP contribution < -0.4 is 4.90 Å². The Hall–Kier alpha value is -1.87. The Morgan fingerprint density at radius 1 is 0.947 bits per heavy atom. The molecule has 0 spiro atoms. The monoisotopic (exact) mass is 266 g/mol. The molecule has 0 aliphatic carbocycles. The summed E-state index contributed by atoms with van der Waals surface area (Å²) in [6.07, 6.45) is 1.12. The van der Waals surface area contributed by atoms with Gasteiger partial charge in [-0.25, -0.2) is 4.98 Å². The Balaban J connectivity index is 1.70. The first-order chi connectivity index (χ1) is 9.40. The van der Waals surface area contributed by atoms with Gasteiger partial charge in [-0.1, -0.05) is 47.7 Å².